The third kappa shape index (κ3) is 2.73. The monoisotopic (exact) mass is 299 g/mol. The molecule has 21 heavy (non-hydrogen) atoms. The molecule has 1 saturated heterocycles. The van der Waals surface area contributed by atoms with Crippen molar-refractivity contribution in [1.82, 2.24) is 5.32 Å². The highest BCUT2D eigenvalue weighted by atomic mass is 19.1. The highest BCUT2D eigenvalue weighted by Gasteiger charge is 2.47. The summed E-state index contributed by atoms with van der Waals surface area (Å²) < 4.78 is 31.9. The Balaban J connectivity index is 2.23. The average Bonchev–Trinajstić information content (AvgIpc) is 2.76. The zero-order chi connectivity index (χ0) is 15.8. The number of amides is 1. The van der Waals surface area contributed by atoms with E-state index < -0.39 is 35.0 Å². The summed E-state index contributed by atoms with van der Waals surface area (Å²) in [5, 5.41) is 11.7. The van der Waals surface area contributed by atoms with E-state index in [0.29, 0.717) is 6.07 Å². The van der Waals surface area contributed by atoms with Gasteiger partial charge in [-0.1, -0.05) is 0 Å². The Morgan fingerprint density at radius 3 is 2.67 bits per heavy atom. The van der Waals surface area contributed by atoms with E-state index in [0.717, 1.165) is 6.07 Å². The summed E-state index contributed by atoms with van der Waals surface area (Å²) in [6, 6.07) is 0.937. The Kier molecular flexibility index (Phi) is 3.95. The van der Waals surface area contributed by atoms with E-state index in [-0.39, 0.29) is 24.3 Å². The van der Waals surface area contributed by atoms with Crippen LogP contribution in [0.2, 0.25) is 0 Å². The van der Waals surface area contributed by atoms with Crippen LogP contribution >= 0.6 is 0 Å². The van der Waals surface area contributed by atoms with Crippen LogP contribution in [0.4, 0.5) is 8.78 Å². The molecule has 7 heteroatoms. The Labute approximate surface area is 119 Å². The summed E-state index contributed by atoms with van der Waals surface area (Å²) in [4.78, 5) is 23.3. The number of aliphatic carboxylic acids is 1. The quantitative estimate of drug-likeness (QED) is 0.886. The number of nitrogens with one attached hydrogen (secondary N) is 1. The van der Waals surface area contributed by atoms with E-state index in [9.17, 15) is 23.5 Å². The molecule has 1 aliphatic heterocycles. The van der Waals surface area contributed by atoms with Crippen molar-refractivity contribution in [1.29, 1.82) is 0 Å². The maximum atomic E-state index is 13.7. The van der Waals surface area contributed by atoms with Crippen LogP contribution in [0.25, 0.3) is 0 Å². The number of carboxylic acids is 1. The predicted molar refractivity (Wildman–Crippen MR) is 68.9 cm³/mol. The van der Waals surface area contributed by atoms with Gasteiger partial charge in [0.15, 0.2) is 0 Å². The lowest BCUT2D eigenvalue weighted by Gasteiger charge is -2.25. The van der Waals surface area contributed by atoms with Gasteiger partial charge < -0.3 is 15.2 Å². The van der Waals surface area contributed by atoms with E-state index in [1.54, 1.807) is 0 Å². The van der Waals surface area contributed by atoms with Gasteiger partial charge in [-0.2, -0.15) is 0 Å². The Morgan fingerprint density at radius 1 is 1.38 bits per heavy atom. The molecule has 1 fully saturated rings. The predicted octanol–water partition coefficient (Wildman–Crippen LogP) is 1.49. The summed E-state index contributed by atoms with van der Waals surface area (Å²) in [5.41, 5.74) is -1.47. The molecule has 2 atom stereocenters. The molecule has 0 aliphatic carbocycles. The smallest absolute Gasteiger partial charge is 0.313 e. The minimum Gasteiger partial charge on any atom is -0.481 e. The lowest BCUT2D eigenvalue weighted by molar-refractivity contribution is -0.148. The molecule has 1 aliphatic rings. The molecule has 2 N–H and O–H groups in total. The van der Waals surface area contributed by atoms with E-state index >= 15 is 0 Å². The fourth-order valence-corrected chi connectivity index (χ4v) is 2.15. The van der Waals surface area contributed by atoms with Gasteiger partial charge in [-0.25, -0.2) is 8.78 Å². The second kappa shape index (κ2) is 5.40. The van der Waals surface area contributed by atoms with Crippen LogP contribution in [0, 0.1) is 24.0 Å². The van der Waals surface area contributed by atoms with Gasteiger partial charge >= 0.3 is 5.97 Å². The number of carbonyl (C=O) groups is 2. The normalized spacial score (nSPS) is 24.9. The number of hydrogen-bond donors (Lipinski definition) is 2. The molecule has 0 spiro atoms. The molecule has 0 bridgehead atoms. The first kappa shape index (κ1) is 15.4. The van der Waals surface area contributed by atoms with Gasteiger partial charge in [-0.3, -0.25) is 9.59 Å². The number of aryl methyl sites for hydroxylation is 1. The number of halogens is 2. The van der Waals surface area contributed by atoms with Crippen molar-refractivity contribution in [3.63, 3.8) is 0 Å². The van der Waals surface area contributed by atoms with Gasteiger partial charge in [0.05, 0.1) is 24.8 Å². The molecule has 0 aromatic heterocycles. The zero-order valence-electron chi connectivity index (χ0n) is 11.6. The zero-order valence-corrected chi connectivity index (χ0v) is 11.6. The van der Waals surface area contributed by atoms with Gasteiger partial charge in [0.2, 0.25) is 0 Å². The molecule has 2 rings (SSSR count). The minimum absolute atomic E-state index is 0.0241. The topological polar surface area (TPSA) is 75.6 Å². The molecular weight excluding hydrogens is 284 g/mol. The molecule has 2 unspecified atom stereocenters. The molecule has 114 valence electrons. The van der Waals surface area contributed by atoms with Crippen molar-refractivity contribution < 1.29 is 28.2 Å². The molecule has 5 nitrogen and oxygen atoms in total. The number of carbonyl (C=O) groups excluding carboxylic acids is 1. The number of carboxylic acid groups (broad SMARTS) is 1. The van der Waals surface area contributed by atoms with Gasteiger partial charge in [0, 0.05) is 6.07 Å². The van der Waals surface area contributed by atoms with Crippen molar-refractivity contribution in [3.8, 4) is 0 Å². The van der Waals surface area contributed by atoms with Gasteiger partial charge in [0.1, 0.15) is 17.0 Å². The second-order valence-electron chi connectivity index (χ2n) is 5.35. The average molecular weight is 299 g/mol. The second-order valence-corrected chi connectivity index (χ2v) is 5.35. The number of hydrogen-bond acceptors (Lipinski definition) is 3. The van der Waals surface area contributed by atoms with Crippen molar-refractivity contribution in [2.45, 2.75) is 19.9 Å². The highest BCUT2D eigenvalue weighted by molar-refractivity contribution is 5.95. The third-order valence-corrected chi connectivity index (χ3v) is 3.74. The molecule has 1 aromatic carbocycles. The molecular formula is C14H15F2NO4. The summed E-state index contributed by atoms with van der Waals surface area (Å²) in [5.74, 6) is -3.64. The van der Waals surface area contributed by atoms with Crippen LogP contribution in [0.5, 0.6) is 0 Å². The molecule has 1 amide bonds. The first-order valence-corrected chi connectivity index (χ1v) is 6.33. The van der Waals surface area contributed by atoms with Gasteiger partial charge in [0.25, 0.3) is 5.91 Å². The van der Waals surface area contributed by atoms with Gasteiger partial charge in [-0.05, 0) is 25.5 Å². The molecule has 1 heterocycles. The van der Waals surface area contributed by atoms with Crippen molar-refractivity contribution in [3.05, 3.63) is 34.9 Å². The lowest BCUT2D eigenvalue weighted by Crippen LogP contribution is -2.49. The number of benzene rings is 1. The first-order valence-electron chi connectivity index (χ1n) is 6.33. The van der Waals surface area contributed by atoms with E-state index in [4.69, 9.17) is 4.74 Å². The number of ether oxygens (including phenoxy) is 1. The number of rotatable bonds is 3. The lowest BCUT2D eigenvalue weighted by atomic mass is 9.85. The maximum absolute atomic E-state index is 13.7. The molecule has 0 saturated carbocycles. The van der Waals surface area contributed by atoms with Crippen LogP contribution < -0.4 is 5.32 Å². The van der Waals surface area contributed by atoms with Crippen molar-refractivity contribution in [2.24, 2.45) is 5.41 Å². The van der Waals surface area contributed by atoms with E-state index in [2.05, 4.69) is 5.32 Å². The van der Waals surface area contributed by atoms with E-state index in [1.165, 1.54) is 13.8 Å². The van der Waals surface area contributed by atoms with Crippen LogP contribution in [-0.2, 0) is 9.53 Å². The first-order chi connectivity index (χ1) is 9.75. The SMILES string of the molecule is Cc1cc(C(=O)NC2COCC2(C)C(=O)O)c(F)cc1F. The third-order valence-electron chi connectivity index (χ3n) is 3.74. The van der Waals surface area contributed by atoms with Crippen LogP contribution in [0.1, 0.15) is 22.8 Å². The standard InChI is InChI=1S/C14H15F2NO4/c1-7-3-8(10(16)4-9(7)15)12(18)17-11-5-21-6-14(11,2)13(19)20/h3-4,11H,5-6H2,1-2H3,(H,17,18)(H,19,20). The minimum atomic E-state index is -1.28. The summed E-state index contributed by atoms with van der Waals surface area (Å²) in [6.07, 6.45) is 0. The summed E-state index contributed by atoms with van der Waals surface area (Å²) >= 11 is 0. The largest absolute Gasteiger partial charge is 0.481 e. The van der Waals surface area contributed by atoms with Crippen LogP contribution in [-0.4, -0.2) is 36.2 Å². The van der Waals surface area contributed by atoms with E-state index in [1.807, 2.05) is 0 Å². The highest BCUT2D eigenvalue weighted by Crippen LogP contribution is 2.29. The Morgan fingerprint density at radius 2 is 2.05 bits per heavy atom. The Hall–Kier alpha value is -2.02. The molecule has 0 radical (unpaired) electrons. The van der Waals surface area contributed by atoms with Crippen LogP contribution in [0.3, 0.4) is 0 Å². The molecule has 1 aromatic rings. The van der Waals surface area contributed by atoms with Crippen LogP contribution in [0.15, 0.2) is 12.1 Å². The summed E-state index contributed by atoms with van der Waals surface area (Å²) in [7, 11) is 0. The van der Waals surface area contributed by atoms with Crippen molar-refractivity contribution in [2.75, 3.05) is 13.2 Å². The summed E-state index contributed by atoms with van der Waals surface area (Å²) in [6.45, 7) is 2.83. The fraction of sp³-hybridized carbons (Fsp3) is 0.429. The Bertz CT molecular complexity index is 605. The van der Waals surface area contributed by atoms with Gasteiger partial charge in [-0.15, -0.1) is 0 Å². The fourth-order valence-electron chi connectivity index (χ4n) is 2.15. The van der Waals surface area contributed by atoms with Crippen molar-refractivity contribution >= 4 is 11.9 Å². The maximum Gasteiger partial charge on any atom is 0.313 e.